The van der Waals surface area contributed by atoms with Crippen molar-refractivity contribution < 1.29 is 4.39 Å². The number of hydrogen-bond donors (Lipinski definition) is 1. The van der Waals surface area contributed by atoms with Crippen LogP contribution < -0.4 is 5.32 Å². The van der Waals surface area contributed by atoms with Gasteiger partial charge in [0.05, 0.1) is 0 Å². The normalized spacial score (nSPS) is 12.4. The van der Waals surface area contributed by atoms with Gasteiger partial charge >= 0.3 is 0 Å². The van der Waals surface area contributed by atoms with Gasteiger partial charge in [-0.25, -0.2) is 4.39 Å². The maximum atomic E-state index is 13.5. The van der Waals surface area contributed by atoms with E-state index in [9.17, 15) is 4.39 Å². The summed E-state index contributed by atoms with van der Waals surface area (Å²) >= 11 is 9.48. The molecule has 0 amide bonds. The van der Waals surface area contributed by atoms with Crippen LogP contribution in [0.4, 0.5) is 4.39 Å². The summed E-state index contributed by atoms with van der Waals surface area (Å²) in [5, 5.41) is 3.94. The Morgan fingerprint density at radius 3 is 2.63 bits per heavy atom. The van der Waals surface area contributed by atoms with Gasteiger partial charge in [-0.3, -0.25) is 0 Å². The Labute approximate surface area is 125 Å². The molecule has 2 rings (SSSR count). The molecular weight excluding hydrogens is 329 g/mol. The first-order valence-electron chi connectivity index (χ1n) is 5.97. The zero-order chi connectivity index (χ0) is 13.8. The van der Waals surface area contributed by atoms with Crippen LogP contribution in [0.5, 0.6) is 0 Å². The summed E-state index contributed by atoms with van der Waals surface area (Å²) in [7, 11) is 1.86. The smallest absolute Gasteiger partial charge is 0.124 e. The highest BCUT2D eigenvalue weighted by Crippen LogP contribution is 2.25. The third kappa shape index (κ3) is 3.78. The number of rotatable bonds is 4. The fraction of sp³-hybridized carbons (Fsp3) is 0.200. The van der Waals surface area contributed by atoms with Crippen molar-refractivity contribution in [2.75, 3.05) is 7.05 Å². The van der Waals surface area contributed by atoms with Crippen LogP contribution in [0.3, 0.4) is 0 Å². The van der Waals surface area contributed by atoms with Gasteiger partial charge in [-0.15, -0.1) is 0 Å². The molecule has 1 nitrogen and oxygen atoms in total. The Balaban J connectivity index is 2.28. The molecule has 0 heterocycles. The second-order valence-corrected chi connectivity index (χ2v) is 5.66. The molecular formula is C15H14BrClFN. The van der Waals surface area contributed by atoms with Crippen molar-refractivity contribution in [3.8, 4) is 0 Å². The Hall–Kier alpha value is -0.900. The Morgan fingerprint density at radius 1 is 1.26 bits per heavy atom. The first kappa shape index (κ1) is 14.5. The molecule has 1 atom stereocenters. The van der Waals surface area contributed by atoms with Crippen molar-refractivity contribution >= 4 is 27.5 Å². The molecule has 2 aromatic carbocycles. The topological polar surface area (TPSA) is 12.0 Å². The zero-order valence-corrected chi connectivity index (χ0v) is 12.8. The lowest BCUT2D eigenvalue weighted by molar-refractivity contribution is 0.576. The largest absolute Gasteiger partial charge is 0.313 e. The van der Waals surface area contributed by atoms with Crippen LogP contribution in [0.2, 0.25) is 5.02 Å². The lowest BCUT2D eigenvalue weighted by atomic mass is 9.99. The van der Waals surface area contributed by atoms with E-state index in [1.54, 1.807) is 6.07 Å². The summed E-state index contributed by atoms with van der Waals surface area (Å²) in [5.41, 5.74) is 1.94. The molecule has 0 aliphatic carbocycles. The van der Waals surface area contributed by atoms with Gasteiger partial charge in [0.2, 0.25) is 0 Å². The van der Waals surface area contributed by atoms with E-state index in [0.29, 0.717) is 6.42 Å². The van der Waals surface area contributed by atoms with Crippen LogP contribution in [-0.4, -0.2) is 7.05 Å². The molecule has 0 saturated carbocycles. The molecule has 0 aromatic heterocycles. The van der Waals surface area contributed by atoms with Crippen molar-refractivity contribution in [1.82, 2.24) is 5.32 Å². The van der Waals surface area contributed by atoms with Gasteiger partial charge in [-0.1, -0.05) is 45.7 Å². The SMILES string of the molecule is CNC(Cc1ccccc1Cl)c1cc(F)cc(Br)c1. The first-order valence-corrected chi connectivity index (χ1v) is 7.14. The maximum absolute atomic E-state index is 13.5. The Bertz CT molecular complexity index is 554. The quantitative estimate of drug-likeness (QED) is 0.846. The predicted octanol–water partition coefficient (Wildman–Crippen LogP) is 4.74. The van der Waals surface area contributed by atoms with Crippen molar-refractivity contribution in [2.24, 2.45) is 0 Å². The molecule has 0 spiro atoms. The Morgan fingerprint density at radius 2 is 2.00 bits per heavy atom. The number of hydrogen-bond acceptors (Lipinski definition) is 1. The second kappa shape index (κ2) is 6.51. The molecule has 0 fully saturated rings. The molecule has 2 aromatic rings. The van der Waals surface area contributed by atoms with Gasteiger partial charge < -0.3 is 5.32 Å². The van der Waals surface area contributed by atoms with Gasteiger partial charge in [-0.05, 0) is 48.9 Å². The van der Waals surface area contributed by atoms with E-state index in [0.717, 1.165) is 20.6 Å². The fourth-order valence-electron chi connectivity index (χ4n) is 2.05. The second-order valence-electron chi connectivity index (χ2n) is 4.34. The van der Waals surface area contributed by atoms with Gasteiger partial charge in [0.1, 0.15) is 5.82 Å². The third-order valence-electron chi connectivity index (χ3n) is 3.02. The molecule has 0 radical (unpaired) electrons. The number of benzene rings is 2. The summed E-state index contributed by atoms with van der Waals surface area (Å²) in [6.45, 7) is 0. The van der Waals surface area contributed by atoms with Crippen LogP contribution >= 0.6 is 27.5 Å². The molecule has 19 heavy (non-hydrogen) atoms. The Kier molecular flexibility index (Phi) is 4.97. The van der Waals surface area contributed by atoms with Gasteiger partial charge in [-0.2, -0.15) is 0 Å². The van der Waals surface area contributed by atoms with E-state index >= 15 is 0 Å². The van der Waals surface area contributed by atoms with Crippen LogP contribution in [0.1, 0.15) is 17.2 Å². The number of likely N-dealkylation sites (N-methyl/N-ethyl adjacent to an activating group) is 1. The summed E-state index contributed by atoms with van der Waals surface area (Å²) in [4.78, 5) is 0. The minimum Gasteiger partial charge on any atom is -0.313 e. The van der Waals surface area contributed by atoms with Gasteiger partial charge in [0, 0.05) is 15.5 Å². The molecule has 100 valence electrons. The molecule has 1 N–H and O–H groups in total. The summed E-state index contributed by atoms with van der Waals surface area (Å²) in [6.07, 6.45) is 0.714. The molecule has 1 unspecified atom stereocenters. The molecule has 0 bridgehead atoms. The molecule has 0 aliphatic heterocycles. The first-order chi connectivity index (χ1) is 9.10. The van der Waals surface area contributed by atoms with Gasteiger partial charge in [0.25, 0.3) is 0 Å². The lowest BCUT2D eigenvalue weighted by Crippen LogP contribution is -2.19. The van der Waals surface area contributed by atoms with Crippen LogP contribution in [0.25, 0.3) is 0 Å². The van der Waals surface area contributed by atoms with E-state index < -0.39 is 0 Å². The average molecular weight is 343 g/mol. The number of halogens is 3. The highest BCUT2D eigenvalue weighted by atomic mass is 79.9. The zero-order valence-electron chi connectivity index (χ0n) is 10.5. The summed E-state index contributed by atoms with van der Waals surface area (Å²) in [6, 6.07) is 12.6. The van der Waals surface area contributed by atoms with E-state index in [1.807, 2.05) is 37.4 Å². The van der Waals surface area contributed by atoms with Crippen LogP contribution in [0, 0.1) is 5.82 Å². The minimum absolute atomic E-state index is 0.0203. The van der Waals surface area contributed by atoms with Crippen molar-refractivity contribution in [1.29, 1.82) is 0 Å². The van der Waals surface area contributed by atoms with E-state index in [4.69, 9.17) is 11.6 Å². The standard InChI is InChI=1S/C15H14BrClFN/c1-19-15(8-10-4-2-3-5-14(10)17)11-6-12(16)9-13(18)7-11/h2-7,9,15,19H,8H2,1H3. The average Bonchev–Trinajstić information content (AvgIpc) is 2.36. The van der Waals surface area contributed by atoms with E-state index in [2.05, 4.69) is 21.2 Å². The van der Waals surface area contributed by atoms with Gasteiger partial charge in [0.15, 0.2) is 0 Å². The third-order valence-corrected chi connectivity index (χ3v) is 3.84. The molecule has 0 saturated heterocycles. The summed E-state index contributed by atoms with van der Waals surface area (Å²) in [5.74, 6) is -0.246. The van der Waals surface area contributed by atoms with E-state index in [-0.39, 0.29) is 11.9 Å². The number of nitrogens with one attached hydrogen (secondary N) is 1. The van der Waals surface area contributed by atoms with Crippen LogP contribution in [-0.2, 0) is 6.42 Å². The van der Waals surface area contributed by atoms with Crippen LogP contribution in [0.15, 0.2) is 46.9 Å². The summed E-state index contributed by atoms with van der Waals surface area (Å²) < 4.78 is 14.2. The fourth-order valence-corrected chi connectivity index (χ4v) is 2.74. The maximum Gasteiger partial charge on any atom is 0.124 e. The van der Waals surface area contributed by atoms with Crippen molar-refractivity contribution in [3.05, 3.63) is 68.9 Å². The van der Waals surface area contributed by atoms with E-state index in [1.165, 1.54) is 6.07 Å². The minimum atomic E-state index is -0.246. The van der Waals surface area contributed by atoms with Crippen molar-refractivity contribution in [3.63, 3.8) is 0 Å². The highest BCUT2D eigenvalue weighted by molar-refractivity contribution is 9.10. The predicted molar refractivity (Wildman–Crippen MR) is 81.1 cm³/mol. The highest BCUT2D eigenvalue weighted by Gasteiger charge is 2.13. The molecule has 0 aliphatic rings. The monoisotopic (exact) mass is 341 g/mol. The molecule has 4 heteroatoms. The van der Waals surface area contributed by atoms with Crippen molar-refractivity contribution in [2.45, 2.75) is 12.5 Å². The lowest BCUT2D eigenvalue weighted by Gasteiger charge is -2.18.